The lowest BCUT2D eigenvalue weighted by Gasteiger charge is -2.33. The van der Waals surface area contributed by atoms with Gasteiger partial charge in [-0.25, -0.2) is 0 Å². The van der Waals surface area contributed by atoms with Gasteiger partial charge in [0, 0.05) is 17.6 Å². The Hall–Kier alpha value is -1.02. The molecule has 1 aliphatic rings. The second-order valence-electron chi connectivity index (χ2n) is 5.27. The summed E-state index contributed by atoms with van der Waals surface area (Å²) in [5.41, 5.74) is 1.05. The highest BCUT2D eigenvalue weighted by Gasteiger charge is 2.23. The average Bonchev–Trinajstić information content (AvgIpc) is 2.43. The molecule has 0 radical (unpaired) electrons. The molecule has 0 aromatic heterocycles. The molecule has 2 nitrogen and oxygen atoms in total. The normalized spacial score (nSPS) is 16.3. The van der Waals surface area contributed by atoms with Crippen molar-refractivity contribution in [3.63, 3.8) is 0 Å². The smallest absolute Gasteiger partial charge is 0.227 e. The summed E-state index contributed by atoms with van der Waals surface area (Å²) in [7, 11) is 0. The Morgan fingerprint density at radius 3 is 2.42 bits per heavy atom. The summed E-state index contributed by atoms with van der Waals surface area (Å²) in [6.07, 6.45) is 6.66. The van der Waals surface area contributed by atoms with E-state index < -0.39 is 0 Å². The van der Waals surface area contributed by atoms with Crippen molar-refractivity contribution in [1.82, 2.24) is 4.90 Å². The number of rotatable bonds is 4. The Kier molecular flexibility index (Phi) is 5.26. The highest BCUT2D eigenvalue weighted by atomic mass is 35.5. The van der Waals surface area contributed by atoms with Gasteiger partial charge in [-0.2, -0.15) is 0 Å². The van der Waals surface area contributed by atoms with Crippen LogP contribution in [-0.4, -0.2) is 23.4 Å². The van der Waals surface area contributed by atoms with Crippen LogP contribution < -0.4 is 0 Å². The van der Waals surface area contributed by atoms with Crippen LogP contribution in [0.25, 0.3) is 0 Å². The molecule has 0 N–H and O–H groups in total. The van der Waals surface area contributed by atoms with E-state index in [1.54, 1.807) is 0 Å². The maximum atomic E-state index is 12.4. The number of nitrogens with zero attached hydrogens (tertiary/aromatic N) is 1. The van der Waals surface area contributed by atoms with Crippen molar-refractivity contribution in [2.45, 2.75) is 51.5 Å². The topological polar surface area (TPSA) is 20.3 Å². The molecular weight excluding hydrogens is 258 g/mol. The minimum absolute atomic E-state index is 0.247. The highest BCUT2D eigenvalue weighted by Crippen LogP contribution is 2.23. The first kappa shape index (κ1) is 14.4. The summed E-state index contributed by atoms with van der Waals surface area (Å²) in [6.45, 7) is 2.89. The van der Waals surface area contributed by atoms with Crippen LogP contribution in [0.4, 0.5) is 0 Å². The molecule has 1 aromatic rings. The first-order valence-electron chi connectivity index (χ1n) is 7.24. The standard InChI is InChI=1S/C16H22ClNO/c1-2-18(15-6-4-3-5-7-15)16(19)12-13-8-10-14(17)11-9-13/h8-11,15H,2-7,12H2,1H3. The van der Waals surface area contributed by atoms with E-state index in [2.05, 4.69) is 11.8 Å². The lowest BCUT2D eigenvalue weighted by Crippen LogP contribution is -2.42. The molecule has 1 aromatic carbocycles. The fourth-order valence-electron chi connectivity index (χ4n) is 2.91. The molecule has 0 heterocycles. The Balaban J connectivity index is 1.97. The Morgan fingerprint density at radius 2 is 1.84 bits per heavy atom. The largest absolute Gasteiger partial charge is 0.340 e. The van der Waals surface area contributed by atoms with Crippen LogP contribution in [0.1, 0.15) is 44.6 Å². The van der Waals surface area contributed by atoms with Gasteiger partial charge in [-0.3, -0.25) is 4.79 Å². The van der Waals surface area contributed by atoms with Crippen LogP contribution in [0.15, 0.2) is 24.3 Å². The Labute approximate surface area is 120 Å². The molecule has 0 bridgehead atoms. The molecule has 1 amide bonds. The number of benzene rings is 1. The fraction of sp³-hybridized carbons (Fsp3) is 0.562. The fourth-order valence-corrected chi connectivity index (χ4v) is 3.04. The summed E-state index contributed by atoms with van der Waals surface area (Å²) in [4.78, 5) is 14.5. The third kappa shape index (κ3) is 3.97. The van der Waals surface area contributed by atoms with Crippen molar-refractivity contribution in [2.24, 2.45) is 0 Å². The first-order chi connectivity index (χ1) is 9.20. The van der Waals surface area contributed by atoms with Crippen molar-refractivity contribution in [3.8, 4) is 0 Å². The number of carbonyl (C=O) groups is 1. The van der Waals surface area contributed by atoms with Gasteiger partial charge in [0.2, 0.25) is 5.91 Å². The number of halogens is 1. The van der Waals surface area contributed by atoms with E-state index in [-0.39, 0.29) is 5.91 Å². The van der Waals surface area contributed by atoms with Gasteiger partial charge in [-0.1, -0.05) is 43.0 Å². The molecule has 19 heavy (non-hydrogen) atoms. The molecule has 104 valence electrons. The molecular formula is C16H22ClNO. The molecule has 0 atom stereocenters. The van der Waals surface area contributed by atoms with Gasteiger partial charge in [0.25, 0.3) is 0 Å². The monoisotopic (exact) mass is 279 g/mol. The van der Waals surface area contributed by atoms with Crippen molar-refractivity contribution in [2.75, 3.05) is 6.54 Å². The Bertz CT molecular complexity index is 409. The van der Waals surface area contributed by atoms with E-state index in [1.807, 2.05) is 24.3 Å². The van der Waals surface area contributed by atoms with Gasteiger partial charge in [0.05, 0.1) is 6.42 Å². The van der Waals surface area contributed by atoms with Crippen LogP contribution in [0.2, 0.25) is 5.02 Å². The number of amides is 1. The van der Waals surface area contributed by atoms with E-state index in [4.69, 9.17) is 11.6 Å². The molecule has 2 rings (SSSR count). The average molecular weight is 280 g/mol. The first-order valence-corrected chi connectivity index (χ1v) is 7.62. The van der Waals surface area contributed by atoms with Gasteiger partial charge in [-0.05, 0) is 37.5 Å². The number of hydrogen-bond acceptors (Lipinski definition) is 1. The van der Waals surface area contributed by atoms with Crippen molar-refractivity contribution < 1.29 is 4.79 Å². The van der Waals surface area contributed by atoms with E-state index in [0.717, 1.165) is 17.1 Å². The van der Waals surface area contributed by atoms with Crippen molar-refractivity contribution >= 4 is 17.5 Å². The zero-order chi connectivity index (χ0) is 13.7. The van der Waals surface area contributed by atoms with Gasteiger partial charge in [0.15, 0.2) is 0 Å². The molecule has 0 aliphatic heterocycles. The minimum Gasteiger partial charge on any atom is -0.340 e. The van der Waals surface area contributed by atoms with Gasteiger partial charge in [-0.15, -0.1) is 0 Å². The predicted octanol–water partition coefficient (Wildman–Crippen LogP) is 4.06. The summed E-state index contributed by atoms with van der Waals surface area (Å²) in [6, 6.07) is 8.03. The minimum atomic E-state index is 0.247. The van der Waals surface area contributed by atoms with Crippen molar-refractivity contribution in [3.05, 3.63) is 34.9 Å². The van der Waals surface area contributed by atoms with E-state index >= 15 is 0 Å². The van der Waals surface area contributed by atoms with Gasteiger partial charge < -0.3 is 4.90 Å². The SMILES string of the molecule is CCN(C(=O)Cc1ccc(Cl)cc1)C1CCCCC1. The molecule has 1 fully saturated rings. The zero-order valence-electron chi connectivity index (χ0n) is 11.6. The van der Waals surface area contributed by atoms with Crippen LogP contribution in [0, 0.1) is 0 Å². The number of likely N-dealkylation sites (N-methyl/N-ethyl adjacent to an activating group) is 1. The molecule has 0 unspecified atom stereocenters. The molecule has 0 spiro atoms. The zero-order valence-corrected chi connectivity index (χ0v) is 12.3. The molecule has 3 heteroatoms. The lowest BCUT2D eigenvalue weighted by atomic mass is 9.94. The third-order valence-corrected chi connectivity index (χ3v) is 4.20. The molecule has 1 saturated carbocycles. The Morgan fingerprint density at radius 1 is 1.21 bits per heavy atom. The van der Waals surface area contributed by atoms with Gasteiger partial charge in [0.1, 0.15) is 0 Å². The van der Waals surface area contributed by atoms with Crippen LogP contribution in [0.3, 0.4) is 0 Å². The second-order valence-corrected chi connectivity index (χ2v) is 5.71. The molecule has 1 aliphatic carbocycles. The molecule has 0 saturated heterocycles. The second kappa shape index (κ2) is 6.95. The highest BCUT2D eigenvalue weighted by molar-refractivity contribution is 6.30. The van der Waals surface area contributed by atoms with E-state index in [9.17, 15) is 4.79 Å². The quantitative estimate of drug-likeness (QED) is 0.814. The lowest BCUT2D eigenvalue weighted by molar-refractivity contribution is -0.133. The maximum Gasteiger partial charge on any atom is 0.227 e. The number of hydrogen-bond donors (Lipinski definition) is 0. The van der Waals surface area contributed by atoms with Crippen LogP contribution >= 0.6 is 11.6 Å². The van der Waals surface area contributed by atoms with Gasteiger partial charge >= 0.3 is 0 Å². The van der Waals surface area contributed by atoms with E-state index in [1.165, 1.54) is 32.1 Å². The van der Waals surface area contributed by atoms with Crippen molar-refractivity contribution in [1.29, 1.82) is 0 Å². The van der Waals surface area contributed by atoms with E-state index in [0.29, 0.717) is 12.5 Å². The third-order valence-electron chi connectivity index (χ3n) is 3.95. The maximum absolute atomic E-state index is 12.4. The predicted molar refractivity (Wildman–Crippen MR) is 79.4 cm³/mol. The summed E-state index contributed by atoms with van der Waals surface area (Å²) < 4.78 is 0. The number of carbonyl (C=O) groups excluding carboxylic acids is 1. The summed E-state index contributed by atoms with van der Waals surface area (Å²) >= 11 is 5.86. The summed E-state index contributed by atoms with van der Waals surface area (Å²) in [5, 5.41) is 0.718. The van der Waals surface area contributed by atoms with Crippen LogP contribution in [-0.2, 0) is 11.2 Å². The van der Waals surface area contributed by atoms with Crippen LogP contribution in [0.5, 0.6) is 0 Å². The summed E-state index contributed by atoms with van der Waals surface area (Å²) in [5.74, 6) is 0.247.